The van der Waals surface area contributed by atoms with Crippen LogP contribution in [0, 0.1) is 0 Å². The lowest BCUT2D eigenvalue weighted by Crippen LogP contribution is -2.28. The normalized spacial score (nSPS) is 22.6. The third-order valence-corrected chi connectivity index (χ3v) is 1.22. The fourth-order valence-corrected chi connectivity index (χ4v) is 0.624. The summed E-state index contributed by atoms with van der Waals surface area (Å²) in [6, 6.07) is 0. The Labute approximate surface area is 44.4 Å². The molecule has 1 aliphatic rings. The number of likely N-dealkylation sites (N-methyl/N-ethyl adjacent to an activating group) is 1. The van der Waals surface area contributed by atoms with Gasteiger partial charge in [-0.25, -0.2) is 0 Å². The molecule has 1 rings (SSSR count). The van der Waals surface area contributed by atoms with Crippen molar-refractivity contribution >= 4 is 0 Å². The molecule has 40 valence electrons. The molecule has 0 saturated heterocycles. The molecule has 0 amide bonds. The van der Waals surface area contributed by atoms with E-state index in [0.29, 0.717) is 5.54 Å². The zero-order valence-corrected chi connectivity index (χ0v) is 4.86. The standard InChI is InChI=1S/C6H11N/c1-3-7-6(2)4-5-6/h4-5,7H,3H2,1-2H3. The zero-order valence-electron chi connectivity index (χ0n) is 4.86. The van der Waals surface area contributed by atoms with Crippen LogP contribution in [0.5, 0.6) is 0 Å². The predicted octanol–water partition coefficient (Wildman–Crippen LogP) is 0.924. The Bertz CT molecular complexity index is 88.4. The molecule has 0 aromatic carbocycles. The zero-order chi connectivity index (χ0) is 5.33. The highest BCUT2D eigenvalue weighted by Crippen LogP contribution is 2.20. The van der Waals surface area contributed by atoms with E-state index >= 15 is 0 Å². The van der Waals surface area contributed by atoms with E-state index in [1.807, 2.05) is 0 Å². The molecule has 7 heavy (non-hydrogen) atoms. The van der Waals surface area contributed by atoms with Crippen molar-refractivity contribution in [1.82, 2.24) is 5.32 Å². The highest BCUT2D eigenvalue weighted by molar-refractivity contribution is 5.31. The van der Waals surface area contributed by atoms with Crippen LogP contribution in [0.2, 0.25) is 0 Å². The third-order valence-electron chi connectivity index (χ3n) is 1.22. The average molecular weight is 97.2 g/mol. The molecular weight excluding hydrogens is 86.1 g/mol. The largest absolute Gasteiger partial charge is 0.305 e. The van der Waals surface area contributed by atoms with Crippen molar-refractivity contribution in [3.63, 3.8) is 0 Å². The summed E-state index contributed by atoms with van der Waals surface area (Å²) >= 11 is 0. The van der Waals surface area contributed by atoms with E-state index in [-0.39, 0.29) is 0 Å². The Morgan fingerprint density at radius 1 is 1.57 bits per heavy atom. The van der Waals surface area contributed by atoms with Crippen molar-refractivity contribution in [2.75, 3.05) is 6.54 Å². The summed E-state index contributed by atoms with van der Waals surface area (Å²) in [5.74, 6) is 0. The molecule has 1 aliphatic carbocycles. The predicted molar refractivity (Wildman–Crippen MR) is 31.2 cm³/mol. The number of nitrogens with one attached hydrogen (secondary N) is 1. The second-order valence-electron chi connectivity index (χ2n) is 2.15. The maximum atomic E-state index is 3.28. The van der Waals surface area contributed by atoms with Crippen molar-refractivity contribution in [2.45, 2.75) is 19.4 Å². The molecule has 0 bridgehead atoms. The summed E-state index contributed by atoms with van der Waals surface area (Å²) in [7, 11) is 0. The molecule has 1 N–H and O–H groups in total. The summed E-state index contributed by atoms with van der Waals surface area (Å²) in [6.45, 7) is 5.34. The van der Waals surface area contributed by atoms with Gasteiger partial charge in [0.25, 0.3) is 0 Å². The summed E-state index contributed by atoms with van der Waals surface area (Å²) in [5, 5.41) is 3.28. The minimum atomic E-state index is 0.300. The number of hydrogen-bond donors (Lipinski definition) is 1. The van der Waals surface area contributed by atoms with Gasteiger partial charge in [-0.2, -0.15) is 0 Å². The Hall–Kier alpha value is -0.300. The SMILES string of the molecule is CCNC1(C)C=C1. The molecule has 0 atom stereocenters. The highest BCUT2D eigenvalue weighted by atomic mass is 15.0. The van der Waals surface area contributed by atoms with Gasteiger partial charge in [0.2, 0.25) is 0 Å². The van der Waals surface area contributed by atoms with Gasteiger partial charge in [-0.15, -0.1) is 0 Å². The van der Waals surface area contributed by atoms with Crippen LogP contribution in [0.1, 0.15) is 13.8 Å². The van der Waals surface area contributed by atoms with Crippen LogP contribution in [0.4, 0.5) is 0 Å². The first kappa shape index (κ1) is 4.85. The molecular formula is C6H11N. The molecule has 1 heteroatoms. The summed E-state index contributed by atoms with van der Waals surface area (Å²) in [6.07, 6.45) is 4.33. The molecule has 0 aromatic heterocycles. The lowest BCUT2D eigenvalue weighted by molar-refractivity contribution is 0.604. The van der Waals surface area contributed by atoms with E-state index in [0.717, 1.165) is 6.54 Å². The van der Waals surface area contributed by atoms with Crippen LogP contribution in [0.3, 0.4) is 0 Å². The van der Waals surface area contributed by atoms with Gasteiger partial charge in [0.1, 0.15) is 0 Å². The van der Waals surface area contributed by atoms with E-state index in [1.54, 1.807) is 0 Å². The smallest absolute Gasteiger partial charge is 0.0522 e. The molecule has 1 nitrogen and oxygen atoms in total. The first-order chi connectivity index (χ1) is 3.27. The van der Waals surface area contributed by atoms with Crippen molar-refractivity contribution in [3.05, 3.63) is 12.2 Å². The molecule has 0 saturated carbocycles. The molecule has 0 aliphatic heterocycles. The van der Waals surface area contributed by atoms with Crippen molar-refractivity contribution in [2.24, 2.45) is 0 Å². The van der Waals surface area contributed by atoms with Crippen LogP contribution in [-0.2, 0) is 0 Å². The number of rotatable bonds is 2. The van der Waals surface area contributed by atoms with Gasteiger partial charge in [-0.05, 0) is 13.5 Å². The minimum Gasteiger partial charge on any atom is -0.305 e. The molecule has 0 aromatic rings. The van der Waals surface area contributed by atoms with Gasteiger partial charge < -0.3 is 5.32 Å². The van der Waals surface area contributed by atoms with Crippen molar-refractivity contribution in [1.29, 1.82) is 0 Å². The Balaban J connectivity index is 2.16. The first-order valence-corrected chi connectivity index (χ1v) is 2.72. The summed E-state index contributed by atoms with van der Waals surface area (Å²) < 4.78 is 0. The first-order valence-electron chi connectivity index (χ1n) is 2.72. The number of hydrogen-bond acceptors (Lipinski definition) is 1. The Morgan fingerprint density at radius 3 is 2.29 bits per heavy atom. The monoisotopic (exact) mass is 97.1 g/mol. The second-order valence-corrected chi connectivity index (χ2v) is 2.15. The van der Waals surface area contributed by atoms with E-state index in [9.17, 15) is 0 Å². The lowest BCUT2D eigenvalue weighted by Gasteiger charge is -2.07. The molecule has 0 fully saturated rings. The maximum absolute atomic E-state index is 3.28. The van der Waals surface area contributed by atoms with E-state index < -0.39 is 0 Å². The van der Waals surface area contributed by atoms with E-state index in [2.05, 4.69) is 31.3 Å². The Morgan fingerprint density at radius 2 is 2.14 bits per heavy atom. The summed E-state index contributed by atoms with van der Waals surface area (Å²) in [5.41, 5.74) is 0.300. The summed E-state index contributed by atoms with van der Waals surface area (Å²) in [4.78, 5) is 0. The lowest BCUT2D eigenvalue weighted by atomic mass is 10.3. The van der Waals surface area contributed by atoms with Gasteiger partial charge in [0.15, 0.2) is 0 Å². The van der Waals surface area contributed by atoms with Crippen molar-refractivity contribution in [3.8, 4) is 0 Å². The quantitative estimate of drug-likeness (QED) is 0.505. The molecule has 0 spiro atoms. The fourth-order valence-electron chi connectivity index (χ4n) is 0.624. The topological polar surface area (TPSA) is 12.0 Å². The Kier molecular flexibility index (Phi) is 0.927. The maximum Gasteiger partial charge on any atom is 0.0522 e. The van der Waals surface area contributed by atoms with Gasteiger partial charge in [0, 0.05) is 0 Å². The highest BCUT2D eigenvalue weighted by Gasteiger charge is 2.24. The molecule has 0 heterocycles. The molecule has 0 radical (unpaired) electrons. The van der Waals surface area contributed by atoms with E-state index in [1.165, 1.54) is 0 Å². The third kappa shape index (κ3) is 1.03. The van der Waals surface area contributed by atoms with Crippen LogP contribution >= 0.6 is 0 Å². The van der Waals surface area contributed by atoms with E-state index in [4.69, 9.17) is 0 Å². The molecule has 0 unspecified atom stereocenters. The van der Waals surface area contributed by atoms with Gasteiger partial charge in [-0.1, -0.05) is 19.1 Å². The fraction of sp³-hybridized carbons (Fsp3) is 0.667. The van der Waals surface area contributed by atoms with Crippen LogP contribution in [-0.4, -0.2) is 12.1 Å². The van der Waals surface area contributed by atoms with Gasteiger partial charge in [-0.3, -0.25) is 0 Å². The van der Waals surface area contributed by atoms with Gasteiger partial charge in [0.05, 0.1) is 5.54 Å². The van der Waals surface area contributed by atoms with Crippen LogP contribution in [0.15, 0.2) is 12.2 Å². The van der Waals surface area contributed by atoms with Gasteiger partial charge >= 0.3 is 0 Å². The van der Waals surface area contributed by atoms with Crippen LogP contribution in [0.25, 0.3) is 0 Å². The second kappa shape index (κ2) is 1.34. The van der Waals surface area contributed by atoms with Crippen LogP contribution < -0.4 is 5.32 Å². The van der Waals surface area contributed by atoms with Crippen molar-refractivity contribution < 1.29 is 0 Å². The minimum absolute atomic E-state index is 0.300. The average Bonchev–Trinajstić information content (AvgIpc) is 2.22.